The lowest BCUT2D eigenvalue weighted by Gasteiger charge is -2.23. The molecule has 126 valence electrons. The fourth-order valence-corrected chi connectivity index (χ4v) is 4.84. The number of rotatable bonds is 3. The van der Waals surface area contributed by atoms with Gasteiger partial charge in [0, 0.05) is 37.3 Å². The van der Waals surface area contributed by atoms with Crippen molar-refractivity contribution in [1.82, 2.24) is 29.0 Å². The summed E-state index contributed by atoms with van der Waals surface area (Å²) < 4.78 is 4.52. The third-order valence-corrected chi connectivity index (χ3v) is 6.08. The minimum atomic E-state index is 0.393. The second-order valence-electron chi connectivity index (χ2n) is 6.89. The molecular weight excluding hydrogens is 320 g/mol. The van der Waals surface area contributed by atoms with Gasteiger partial charge in [-0.3, -0.25) is 9.30 Å². The molecule has 5 heterocycles. The van der Waals surface area contributed by atoms with Gasteiger partial charge >= 0.3 is 0 Å². The highest BCUT2D eigenvalue weighted by Crippen LogP contribution is 2.33. The van der Waals surface area contributed by atoms with Crippen molar-refractivity contribution in [2.24, 2.45) is 0 Å². The smallest absolute Gasteiger partial charge is 0.193 e. The summed E-state index contributed by atoms with van der Waals surface area (Å²) in [5, 5.41) is 11.2. The van der Waals surface area contributed by atoms with Crippen molar-refractivity contribution in [3.63, 3.8) is 0 Å². The fourth-order valence-electron chi connectivity index (χ4n) is 4.12. The maximum atomic E-state index is 4.75. The molecule has 0 aromatic carbocycles. The molecule has 0 saturated carbocycles. The molecule has 6 nitrogen and oxygen atoms in total. The number of nitrogens with zero attached hydrogens (tertiary/aromatic N) is 6. The zero-order chi connectivity index (χ0) is 15.9. The molecule has 3 aromatic rings. The van der Waals surface area contributed by atoms with Gasteiger partial charge in [0.25, 0.3) is 0 Å². The molecule has 1 atom stereocenters. The lowest BCUT2D eigenvalue weighted by molar-refractivity contribution is 0.232. The number of fused-ring (bicyclic) bond motifs is 2. The van der Waals surface area contributed by atoms with Crippen LogP contribution in [0, 0.1) is 0 Å². The predicted molar refractivity (Wildman–Crippen MR) is 93.0 cm³/mol. The molecule has 3 aromatic heterocycles. The van der Waals surface area contributed by atoms with E-state index in [1.54, 1.807) is 11.3 Å². The van der Waals surface area contributed by atoms with Gasteiger partial charge in [0.05, 0.1) is 11.7 Å². The Morgan fingerprint density at radius 2 is 2.12 bits per heavy atom. The standard InChI is InChI=1S/C17H22N6S/c1-2-6-15-19-20-16(23(15)8-3-1)14-5-4-7-21(14)11-13-12-22-9-10-24-17(22)18-13/h9-10,12,14H,1-8,11H2. The van der Waals surface area contributed by atoms with Crippen LogP contribution in [-0.4, -0.2) is 35.6 Å². The van der Waals surface area contributed by atoms with Gasteiger partial charge in [-0.15, -0.1) is 21.5 Å². The number of aromatic nitrogens is 5. The van der Waals surface area contributed by atoms with Crippen LogP contribution < -0.4 is 0 Å². The third kappa shape index (κ3) is 2.46. The van der Waals surface area contributed by atoms with E-state index in [1.165, 1.54) is 43.8 Å². The largest absolute Gasteiger partial charge is 0.314 e. The van der Waals surface area contributed by atoms with E-state index >= 15 is 0 Å². The summed E-state index contributed by atoms with van der Waals surface area (Å²) >= 11 is 1.69. The first-order valence-corrected chi connectivity index (χ1v) is 9.83. The fraction of sp³-hybridized carbons (Fsp3) is 0.588. The van der Waals surface area contributed by atoms with Crippen molar-refractivity contribution in [3.8, 4) is 0 Å². The number of imidazole rings is 1. The van der Waals surface area contributed by atoms with E-state index in [0.29, 0.717) is 6.04 Å². The maximum Gasteiger partial charge on any atom is 0.193 e. The van der Waals surface area contributed by atoms with Crippen LogP contribution in [0.1, 0.15) is 55.5 Å². The minimum Gasteiger partial charge on any atom is -0.314 e. The van der Waals surface area contributed by atoms with Crippen LogP contribution in [0.15, 0.2) is 17.8 Å². The molecule has 0 amide bonds. The first-order chi connectivity index (χ1) is 11.9. The summed E-state index contributed by atoms with van der Waals surface area (Å²) in [6, 6.07) is 0.393. The van der Waals surface area contributed by atoms with Gasteiger partial charge in [0.1, 0.15) is 11.6 Å². The zero-order valence-corrected chi connectivity index (χ0v) is 14.6. The van der Waals surface area contributed by atoms with E-state index in [0.717, 1.165) is 36.7 Å². The Morgan fingerprint density at radius 1 is 1.12 bits per heavy atom. The molecule has 24 heavy (non-hydrogen) atoms. The summed E-state index contributed by atoms with van der Waals surface area (Å²) in [6.45, 7) is 3.11. The Kier molecular flexibility index (Phi) is 3.63. The van der Waals surface area contributed by atoms with E-state index in [4.69, 9.17) is 4.98 Å². The van der Waals surface area contributed by atoms with Crippen molar-refractivity contribution in [3.05, 3.63) is 35.1 Å². The van der Waals surface area contributed by atoms with E-state index in [9.17, 15) is 0 Å². The van der Waals surface area contributed by atoms with Crippen molar-refractivity contribution in [1.29, 1.82) is 0 Å². The number of hydrogen-bond donors (Lipinski definition) is 0. The summed E-state index contributed by atoms with van der Waals surface area (Å²) in [5.74, 6) is 2.38. The van der Waals surface area contributed by atoms with Gasteiger partial charge < -0.3 is 4.57 Å². The van der Waals surface area contributed by atoms with E-state index in [-0.39, 0.29) is 0 Å². The molecule has 7 heteroatoms. The van der Waals surface area contributed by atoms with Gasteiger partial charge in [0.15, 0.2) is 4.96 Å². The van der Waals surface area contributed by atoms with Crippen LogP contribution in [-0.2, 0) is 19.5 Å². The lowest BCUT2D eigenvalue weighted by atomic mass is 10.2. The van der Waals surface area contributed by atoms with E-state index < -0.39 is 0 Å². The Hall–Kier alpha value is -1.73. The molecule has 0 radical (unpaired) electrons. The number of hydrogen-bond acceptors (Lipinski definition) is 5. The number of thiazole rings is 1. The SMILES string of the molecule is c1cn2cc(CN3CCCC3c3nnc4n3CCCCC4)nc2s1. The minimum absolute atomic E-state index is 0.393. The highest BCUT2D eigenvalue weighted by Gasteiger charge is 2.31. The van der Waals surface area contributed by atoms with Crippen molar-refractivity contribution >= 4 is 16.3 Å². The van der Waals surface area contributed by atoms with Crippen LogP contribution in [0.5, 0.6) is 0 Å². The van der Waals surface area contributed by atoms with E-state index in [2.05, 4.69) is 41.8 Å². The molecule has 0 aliphatic carbocycles. The third-order valence-electron chi connectivity index (χ3n) is 5.31. The first kappa shape index (κ1) is 14.6. The summed E-state index contributed by atoms with van der Waals surface area (Å²) in [5.41, 5.74) is 1.16. The molecule has 5 rings (SSSR count). The van der Waals surface area contributed by atoms with Gasteiger partial charge in [0.2, 0.25) is 0 Å². The topological polar surface area (TPSA) is 51.2 Å². The van der Waals surface area contributed by atoms with E-state index in [1.807, 2.05) is 0 Å². The molecule has 2 aliphatic heterocycles. The highest BCUT2D eigenvalue weighted by molar-refractivity contribution is 7.15. The average molecular weight is 342 g/mol. The quantitative estimate of drug-likeness (QED) is 0.734. The summed E-state index contributed by atoms with van der Waals surface area (Å²) in [6.07, 6.45) is 11.5. The summed E-state index contributed by atoms with van der Waals surface area (Å²) in [7, 11) is 0. The van der Waals surface area contributed by atoms with Crippen LogP contribution in [0.2, 0.25) is 0 Å². The Bertz CT molecular complexity index is 818. The normalized spacial score (nSPS) is 22.1. The van der Waals surface area contributed by atoms with Gasteiger partial charge in [-0.2, -0.15) is 0 Å². The Balaban J connectivity index is 1.41. The summed E-state index contributed by atoms with van der Waals surface area (Å²) in [4.78, 5) is 8.37. The second-order valence-corrected chi connectivity index (χ2v) is 7.76. The molecule has 1 fully saturated rings. The maximum absolute atomic E-state index is 4.75. The lowest BCUT2D eigenvalue weighted by Crippen LogP contribution is -2.25. The molecule has 0 spiro atoms. The zero-order valence-electron chi connectivity index (χ0n) is 13.8. The van der Waals surface area contributed by atoms with Gasteiger partial charge in [-0.25, -0.2) is 4.98 Å². The monoisotopic (exact) mass is 342 g/mol. The van der Waals surface area contributed by atoms with Gasteiger partial charge in [-0.05, 0) is 32.2 Å². The first-order valence-electron chi connectivity index (χ1n) is 8.95. The molecular formula is C17H22N6S. The van der Waals surface area contributed by atoms with Crippen molar-refractivity contribution in [2.45, 2.75) is 57.7 Å². The molecule has 0 N–H and O–H groups in total. The second kappa shape index (κ2) is 5.97. The number of likely N-dealkylation sites (tertiary alicyclic amines) is 1. The van der Waals surface area contributed by atoms with Crippen molar-refractivity contribution in [2.75, 3.05) is 6.54 Å². The number of aryl methyl sites for hydroxylation is 1. The molecule has 2 aliphatic rings. The molecule has 1 unspecified atom stereocenters. The van der Waals surface area contributed by atoms with Crippen LogP contribution in [0.3, 0.4) is 0 Å². The van der Waals surface area contributed by atoms with Crippen LogP contribution in [0.25, 0.3) is 4.96 Å². The molecule has 0 bridgehead atoms. The highest BCUT2D eigenvalue weighted by atomic mass is 32.1. The Labute approximate surface area is 145 Å². The van der Waals surface area contributed by atoms with Crippen molar-refractivity contribution < 1.29 is 0 Å². The van der Waals surface area contributed by atoms with Crippen LogP contribution >= 0.6 is 11.3 Å². The molecule has 1 saturated heterocycles. The van der Waals surface area contributed by atoms with Gasteiger partial charge in [-0.1, -0.05) is 6.42 Å². The van der Waals surface area contributed by atoms with Crippen LogP contribution in [0.4, 0.5) is 0 Å². The average Bonchev–Trinajstić information content (AvgIpc) is 3.31. The predicted octanol–water partition coefficient (Wildman–Crippen LogP) is 3.05. The Morgan fingerprint density at radius 3 is 3.08 bits per heavy atom.